The van der Waals surface area contributed by atoms with Crippen LogP contribution in [-0.2, 0) is 5.41 Å². The number of thioether (sulfide) groups is 1. The Hall–Kier alpha value is -5.68. The van der Waals surface area contributed by atoms with E-state index < -0.39 is 0 Å². The summed E-state index contributed by atoms with van der Waals surface area (Å²) in [7, 11) is 0. The topological polar surface area (TPSA) is 51.5 Å². The molecule has 0 radical (unpaired) electrons. The molecule has 6 aromatic carbocycles. The third-order valence-corrected chi connectivity index (χ3v) is 12.2. The zero-order chi connectivity index (χ0) is 34.1. The summed E-state index contributed by atoms with van der Waals surface area (Å²) in [5, 5.41) is 2.25. The molecular weight excluding hydrogens is 641 g/mol. The number of benzene rings is 6. The molecule has 0 saturated heterocycles. The number of nitrogens with zero attached hydrogens (tertiary/aromatic N) is 1. The van der Waals surface area contributed by atoms with E-state index in [1.54, 1.807) is 11.8 Å². The summed E-state index contributed by atoms with van der Waals surface area (Å²) < 4.78 is 6.36. The zero-order valence-electron chi connectivity index (χ0n) is 28.1. The molecule has 7 aromatic rings. The number of para-hydroxylation sites is 1. The Morgan fingerprint density at radius 3 is 2.43 bits per heavy atom. The minimum Gasteiger partial charge on any atom is -0.456 e. The highest BCUT2D eigenvalue weighted by Gasteiger charge is 2.42. The Labute approximate surface area is 301 Å². The number of fused-ring (bicyclic) bond motifs is 10. The minimum atomic E-state index is -0.244. The number of furan rings is 1. The number of allylic oxidation sites excluding steroid dienone is 4. The van der Waals surface area contributed by atoms with E-state index in [1.165, 1.54) is 27.1 Å². The van der Waals surface area contributed by atoms with Gasteiger partial charge in [-0.2, -0.15) is 0 Å². The molecule has 1 aliphatic heterocycles. The van der Waals surface area contributed by atoms with Crippen LogP contribution in [0.25, 0.3) is 49.9 Å². The predicted molar refractivity (Wildman–Crippen MR) is 213 cm³/mol. The van der Waals surface area contributed by atoms with E-state index in [-0.39, 0.29) is 17.4 Å². The number of aliphatic imine (C=N–C) groups is 1. The van der Waals surface area contributed by atoms with Gasteiger partial charge in [0, 0.05) is 49.2 Å². The van der Waals surface area contributed by atoms with Crippen molar-refractivity contribution in [2.24, 2.45) is 10.7 Å². The maximum atomic E-state index is 6.97. The fourth-order valence-corrected chi connectivity index (χ4v) is 9.68. The predicted octanol–water partition coefficient (Wildman–Crippen LogP) is 12.0. The fraction of sp³-hybridized carbons (Fsp3) is 0.0851. The summed E-state index contributed by atoms with van der Waals surface area (Å²) in [5.41, 5.74) is 20.2. The average Bonchev–Trinajstić information content (AvgIpc) is 3.72. The van der Waals surface area contributed by atoms with Crippen molar-refractivity contribution in [2.45, 2.75) is 29.2 Å². The molecule has 0 amide bonds. The van der Waals surface area contributed by atoms with Gasteiger partial charge in [-0.25, -0.2) is 0 Å². The van der Waals surface area contributed by atoms with Gasteiger partial charge in [0.25, 0.3) is 0 Å². The van der Waals surface area contributed by atoms with Gasteiger partial charge in [0.05, 0.1) is 11.7 Å². The van der Waals surface area contributed by atoms with Crippen LogP contribution >= 0.6 is 11.8 Å². The van der Waals surface area contributed by atoms with Crippen molar-refractivity contribution in [3.63, 3.8) is 0 Å². The third kappa shape index (κ3) is 4.67. The van der Waals surface area contributed by atoms with E-state index >= 15 is 0 Å². The van der Waals surface area contributed by atoms with E-state index in [1.807, 2.05) is 18.2 Å². The van der Waals surface area contributed by atoms with Crippen LogP contribution in [-0.4, -0.2) is 6.21 Å². The molecule has 0 spiro atoms. The van der Waals surface area contributed by atoms with Crippen LogP contribution < -0.4 is 5.73 Å². The van der Waals surface area contributed by atoms with E-state index in [0.29, 0.717) is 0 Å². The third-order valence-electron chi connectivity index (χ3n) is 10.9. The van der Waals surface area contributed by atoms with Gasteiger partial charge in [-0.15, -0.1) is 0 Å². The SMILES string of the molecule is CC12C=CC=CC1c1cc(-c3cccc4oc5ccccc5c34)cc(C=N/C(=C3/Sc4ccccc4C3N)c3ccccc3)c1-c1ccccc12. The minimum absolute atomic E-state index is 0.153. The van der Waals surface area contributed by atoms with E-state index in [0.717, 1.165) is 60.4 Å². The number of hydrogen-bond acceptors (Lipinski definition) is 4. The molecule has 4 heteroatoms. The molecule has 2 heterocycles. The van der Waals surface area contributed by atoms with Crippen LogP contribution in [0.15, 0.2) is 177 Å². The lowest BCUT2D eigenvalue weighted by Gasteiger charge is -2.43. The summed E-state index contributed by atoms with van der Waals surface area (Å²) in [6.07, 6.45) is 11.2. The molecule has 0 saturated carbocycles. The monoisotopic (exact) mass is 674 g/mol. The first-order valence-electron chi connectivity index (χ1n) is 17.5. The van der Waals surface area contributed by atoms with E-state index in [2.05, 4.69) is 153 Å². The molecule has 2 N–H and O–H groups in total. The van der Waals surface area contributed by atoms with Gasteiger partial charge < -0.3 is 10.2 Å². The second kappa shape index (κ2) is 11.7. The van der Waals surface area contributed by atoms with Crippen molar-refractivity contribution in [3.8, 4) is 22.3 Å². The van der Waals surface area contributed by atoms with Crippen molar-refractivity contribution in [1.82, 2.24) is 0 Å². The Morgan fingerprint density at radius 2 is 1.53 bits per heavy atom. The molecular formula is C47H34N2OS. The lowest BCUT2D eigenvalue weighted by Crippen LogP contribution is -2.33. The van der Waals surface area contributed by atoms with Gasteiger partial charge >= 0.3 is 0 Å². The highest BCUT2D eigenvalue weighted by atomic mass is 32.2. The largest absolute Gasteiger partial charge is 0.456 e. The number of nitrogens with two attached hydrogens (primary N) is 1. The lowest BCUT2D eigenvalue weighted by molar-refractivity contribution is 0.519. The summed E-state index contributed by atoms with van der Waals surface area (Å²) >= 11 is 1.73. The van der Waals surface area contributed by atoms with Crippen LogP contribution in [0, 0.1) is 0 Å². The smallest absolute Gasteiger partial charge is 0.136 e. The van der Waals surface area contributed by atoms with Gasteiger partial charge in [-0.3, -0.25) is 4.99 Å². The van der Waals surface area contributed by atoms with Crippen LogP contribution in [0.1, 0.15) is 46.7 Å². The van der Waals surface area contributed by atoms with Crippen LogP contribution in [0.3, 0.4) is 0 Å². The van der Waals surface area contributed by atoms with Crippen molar-refractivity contribution >= 4 is 45.6 Å². The Kier molecular flexibility index (Phi) is 6.92. The second-order valence-corrected chi connectivity index (χ2v) is 14.9. The Balaban J connectivity index is 1.25. The molecule has 3 nitrogen and oxygen atoms in total. The van der Waals surface area contributed by atoms with Gasteiger partial charge in [0.15, 0.2) is 0 Å². The maximum Gasteiger partial charge on any atom is 0.136 e. The first-order chi connectivity index (χ1) is 25.1. The molecule has 3 atom stereocenters. The standard InChI is InChI=1S/C47H34N2OS/c1-47-25-12-11-21-38(47)36-27-30(32-19-13-23-40-43(32)34-17-6-9-22-39(34)50-40)26-31(42(36)33-16-5-8-20-37(33)47)28-49-45(29-14-3-2-4-15-29)46-44(48)35-18-7-10-24-41(35)51-46/h2-28,38,44H,48H2,1H3/b46-45+,49-28?. The Morgan fingerprint density at radius 1 is 0.765 bits per heavy atom. The second-order valence-electron chi connectivity index (χ2n) is 13.8. The van der Waals surface area contributed by atoms with Crippen molar-refractivity contribution in [3.05, 3.63) is 190 Å². The summed E-state index contributed by atoms with van der Waals surface area (Å²) in [4.78, 5) is 7.67. The molecule has 3 unspecified atom stereocenters. The van der Waals surface area contributed by atoms with Crippen LogP contribution in [0.4, 0.5) is 0 Å². The first-order valence-corrected chi connectivity index (χ1v) is 18.3. The van der Waals surface area contributed by atoms with Gasteiger partial charge in [0.2, 0.25) is 0 Å². The fourth-order valence-electron chi connectivity index (χ4n) is 8.47. The summed E-state index contributed by atoms with van der Waals surface area (Å²) in [6, 6.07) is 47.0. The summed E-state index contributed by atoms with van der Waals surface area (Å²) in [6.45, 7) is 2.37. The van der Waals surface area contributed by atoms with Crippen molar-refractivity contribution < 1.29 is 4.42 Å². The Bertz CT molecular complexity index is 2660. The molecule has 1 aromatic heterocycles. The number of hydrogen-bond donors (Lipinski definition) is 1. The number of rotatable bonds is 4. The molecule has 2 aliphatic carbocycles. The molecule has 51 heavy (non-hydrogen) atoms. The van der Waals surface area contributed by atoms with E-state index in [9.17, 15) is 0 Å². The highest BCUT2D eigenvalue weighted by molar-refractivity contribution is 8.03. The molecule has 3 aliphatic rings. The zero-order valence-corrected chi connectivity index (χ0v) is 28.9. The van der Waals surface area contributed by atoms with Gasteiger partial charge in [0.1, 0.15) is 11.2 Å². The van der Waals surface area contributed by atoms with Gasteiger partial charge in [-0.05, 0) is 69.3 Å². The van der Waals surface area contributed by atoms with Crippen LogP contribution in [0.2, 0.25) is 0 Å². The quantitative estimate of drug-likeness (QED) is 0.189. The average molecular weight is 675 g/mol. The molecule has 10 rings (SSSR count). The maximum absolute atomic E-state index is 6.97. The van der Waals surface area contributed by atoms with Crippen molar-refractivity contribution in [1.29, 1.82) is 0 Å². The lowest BCUT2D eigenvalue weighted by atomic mass is 9.60. The molecule has 244 valence electrons. The summed E-state index contributed by atoms with van der Waals surface area (Å²) in [5.74, 6) is 0.153. The van der Waals surface area contributed by atoms with Crippen molar-refractivity contribution in [2.75, 3.05) is 0 Å². The molecule has 0 bridgehead atoms. The van der Waals surface area contributed by atoms with Gasteiger partial charge in [-0.1, -0.05) is 146 Å². The normalized spacial score (nSPS) is 21.1. The van der Waals surface area contributed by atoms with Crippen LogP contribution in [0.5, 0.6) is 0 Å². The van der Waals surface area contributed by atoms with E-state index in [4.69, 9.17) is 15.1 Å². The first kappa shape index (κ1) is 30.2. The molecule has 0 fully saturated rings. The highest BCUT2D eigenvalue weighted by Crippen LogP contribution is 2.55.